The van der Waals surface area contributed by atoms with Gasteiger partial charge in [0.1, 0.15) is 25.6 Å². The van der Waals surface area contributed by atoms with Crippen molar-refractivity contribution in [2.45, 2.75) is 95.3 Å². The molecule has 0 saturated carbocycles. The fraction of sp³-hybridized carbons (Fsp3) is 0.688. The molecule has 252 valence electrons. The minimum Gasteiger partial charge on any atom is -0.459 e. The molecule has 1 aromatic rings. The molecule has 10 atom stereocenters. The molecule has 3 saturated heterocycles. The van der Waals surface area contributed by atoms with Gasteiger partial charge in [0.25, 0.3) is 5.91 Å². The van der Waals surface area contributed by atoms with Crippen molar-refractivity contribution in [2.24, 2.45) is 11.3 Å². The van der Waals surface area contributed by atoms with E-state index in [-0.39, 0.29) is 31.8 Å². The molecule has 4 rings (SSSR count). The van der Waals surface area contributed by atoms with Crippen molar-refractivity contribution in [3.8, 4) is 0 Å². The van der Waals surface area contributed by atoms with E-state index in [1.54, 1.807) is 31.4 Å². The average molecular weight is 701 g/mol. The first-order valence-electron chi connectivity index (χ1n) is 15.0. The molecule has 12 nitrogen and oxygen atoms in total. The summed E-state index contributed by atoms with van der Waals surface area (Å²) >= 11 is 3.36. The number of fused-ring (bicyclic) bond motifs is 1. The molecule has 3 heterocycles. The molecule has 13 heteroatoms. The number of amides is 1. The van der Waals surface area contributed by atoms with Gasteiger partial charge in [-0.2, -0.15) is 0 Å². The van der Waals surface area contributed by atoms with E-state index < -0.39 is 65.9 Å². The molecule has 1 amide bonds. The summed E-state index contributed by atoms with van der Waals surface area (Å²) in [4.78, 5) is 26.1. The van der Waals surface area contributed by atoms with E-state index in [1.807, 2.05) is 27.7 Å². The van der Waals surface area contributed by atoms with Crippen LogP contribution in [0.3, 0.4) is 0 Å². The monoisotopic (exact) mass is 699 g/mol. The van der Waals surface area contributed by atoms with Gasteiger partial charge in [-0.1, -0.05) is 48.9 Å². The Kier molecular flexibility index (Phi) is 11.9. The molecule has 2 N–H and O–H groups in total. The van der Waals surface area contributed by atoms with Gasteiger partial charge in [-0.05, 0) is 31.2 Å². The molecule has 0 aromatic heterocycles. The molecule has 1 aromatic carbocycles. The second-order valence-electron chi connectivity index (χ2n) is 12.5. The first kappa shape index (κ1) is 35.9. The Morgan fingerprint density at radius 1 is 1.13 bits per heavy atom. The van der Waals surface area contributed by atoms with E-state index in [4.69, 9.17) is 37.9 Å². The Bertz CT molecular complexity index is 1200. The van der Waals surface area contributed by atoms with Gasteiger partial charge in [-0.15, -0.1) is 0 Å². The average Bonchev–Trinajstić information content (AvgIpc) is 3.01. The maximum Gasteiger partial charge on any atom is 0.338 e. The van der Waals surface area contributed by atoms with Gasteiger partial charge < -0.3 is 48.3 Å². The summed E-state index contributed by atoms with van der Waals surface area (Å²) in [5.41, 5.74) is 0.643. The fourth-order valence-corrected chi connectivity index (χ4v) is 6.51. The van der Waals surface area contributed by atoms with Gasteiger partial charge in [-0.3, -0.25) is 4.79 Å². The van der Waals surface area contributed by atoms with Crippen LogP contribution in [-0.2, 0) is 42.7 Å². The minimum absolute atomic E-state index is 0.00608. The molecule has 0 unspecified atom stereocenters. The smallest absolute Gasteiger partial charge is 0.338 e. The first-order valence-corrected chi connectivity index (χ1v) is 15.8. The third kappa shape index (κ3) is 7.63. The number of hydrogen-bond acceptors (Lipinski definition) is 11. The Balaban J connectivity index is 1.47. The van der Waals surface area contributed by atoms with Crippen LogP contribution in [0.2, 0.25) is 0 Å². The molecule has 0 bridgehead atoms. The predicted molar refractivity (Wildman–Crippen MR) is 165 cm³/mol. The number of halogens is 1. The highest BCUT2D eigenvalue weighted by molar-refractivity contribution is 9.10. The standard InChI is InChI=1S/C32H46BrNO11/c1-17-14-32(40-8,45-19(3)18(17)2)26(35)28(36)34-29-25-24(42-16-43-29)27(39-7)31(4,5)23(44-25)13-22(38-6)15-41-30(37)20-9-11-21(33)12-10-20/h9-12,18-19,22-27,29,35H,1,13-16H2,2-8H3,(H,34,36)/t18-,19-,22-,23-,24+,25+,26-,27-,29+,32-/m1/s1. The summed E-state index contributed by atoms with van der Waals surface area (Å²) in [6.45, 7) is 11.8. The van der Waals surface area contributed by atoms with E-state index in [2.05, 4.69) is 27.8 Å². The van der Waals surface area contributed by atoms with Crippen LogP contribution in [0, 0.1) is 11.3 Å². The summed E-state index contributed by atoms with van der Waals surface area (Å²) in [5, 5.41) is 14.0. The third-order valence-electron chi connectivity index (χ3n) is 9.36. The predicted octanol–water partition coefficient (Wildman–Crippen LogP) is 3.34. The van der Waals surface area contributed by atoms with Crippen molar-refractivity contribution in [3.63, 3.8) is 0 Å². The van der Waals surface area contributed by atoms with E-state index in [0.717, 1.165) is 10.0 Å². The number of carbonyl (C=O) groups is 2. The summed E-state index contributed by atoms with van der Waals surface area (Å²) in [6.07, 6.45) is -5.39. The van der Waals surface area contributed by atoms with Gasteiger partial charge in [0, 0.05) is 50.0 Å². The zero-order valence-corrected chi connectivity index (χ0v) is 28.5. The number of nitrogens with one attached hydrogen (secondary N) is 1. The molecule has 3 aliphatic rings. The third-order valence-corrected chi connectivity index (χ3v) is 9.89. The van der Waals surface area contributed by atoms with Gasteiger partial charge in [-0.25, -0.2) is 4.79 Å². The Morgan fingerprint density at radius 3 is 2.42 bits per heavy atom. The minimum atomic E-state index is -1.69. The van der Waals surface area contributed by atoms with Crippen molar-refractivity contribution in [2.75, 3.05) is 34.7 Å². The van der Waals surface area contributed by atoms with Crippen LogP contribution in [0.15, 0.2) is 40.9 Å². The van der Waals surface area contributed by atoms with Crippen LogP contribution in [0.5, 0.6) is 0 Å². The first-order chi connectivity index (χ1) is 21.3. The normalized spacial score (nSPS) is 34.3. The lowest BCUT2D eigenvalue weighted by atomic mass is 9.72. The number of benzene rings is 1. The van der Waals surface area contributed by atoms with Crippen LogP contribution in [-0.4, -0.2) is 106 Å². The van der Waals surface area contributed by atoms with Crippen LogP contribution in [0.25, 0.3) is 0 Å². The van der Waals surface area contributed by atoms with Gasteiger partial charge in [0.05, 0.1) is 30.0 Å². The number of aliphatic hydroxyl groups excluding tert-OH is 1. The number of carbonyl (C=O) groups excluding carboxylic acids is 2. The molecular weight excluding hydrogens is 654 g/mol. The van der Waals surface area contributed by atoms with Gasteiger partial charge in [0.15, 0.2) is 12.3 Å². The zero-order chi connectivity index (χ0) is 33.1. The second kappa shape index (κ2) is 14.9. The molecular formula is C32H46BrNO11. The van der Waals surface area contributed by atoms with Gasteiger partial charge in [0.2, 0.25) is 5.79 Å². The highest BCUT2D eigenvalue weighted by atomic mass is 79.9. The lowest BCUT2D eigenvalue weighted by Gasteiger charge is -2.54. The summed E-state index contributed by atoms with van der Waals surface area (Å²) in [6, 6.07) is 6.88. The summed E-state index contributed by atoms with van der Waals surface area (Å²) < 4.78 is 48.0. The molecule has 0 spiro atoms. The molecule has 3 aliphatic heterocycles. The topological polar surface area (TPSA) is 140 Å². The largest absolute Gasteiger partial charge is 0.459 e. The fourth-order valence-electron chi connectivity index (χ4n) is 6.24. The van der Waals surface area contributed by atoms with Crippen LogP contribution in [0.1, 0.15) is 50.9 Å². The lowest BCUT2D eigenvalue weighted by molar-refractivity contribution is -0.333. The number of hydrogen-bond donors (Lipinski definition) is 2. The highest BCUT2D eigenvalue weighted by Crippen LogP contribution is 2.44. The number of rotatable bonds is 11. The van der Waals surface area contributed by atoms with E-state index in [1.165, 1.54) is 14.2 Å². The van der Waals surface area contributed by atoms with Gasteiger partial charge >= 0.3 is 5.97 Å². The number of methoxy groups -OCH3 is 3. The maximum atomic E-state index is 13.5. The molecule has 3 fully saturated rings. The lowest BCUT2D eigenvalue weighted by Crippen LogP contribution is -2.69. The SMILES string of the molecule is C=C1C[C@](OC)([C@H](O)C(=O)N[C@H]2OCO[C@H]3[C@@H]2O[C@H](C[C@H](COC(=O)c2ccc(Br)cc2)OC)C(C)(C)[C@@H]3OC)O[C@H](C)[C@@H]1C. The van der Waals surface area contributed by atoms with Crippen LogP contribution >= 0.6 is 15.9 Å². The highest BCUT2D eigenvalue weighted by Gasteiger charge is 2.57. The summed E-state index contributed by atoms with van der Waals surface area (Å²) in [7, 11) is 4.51. The number of ether oxygens (including phenoxy) is 8. The Morgan fingerprint density at radius 2 is 1.82 bits per heavy atom. The Hall–Kier alpha value is -1.94. The quantitative estimate of drug-likeness (QED) is 0.260. The zero-order valence-electron chi connectivity index (χ0n) is 26.9. The Labute approximate surface area is 273 Å². The van der Waals surface area contributed by atoms with Crippen molar-refractivity contribution in [1.29, 1.82) is 0 Å². The van der Waals surface area contributed by atoms with Crippen molar-refractivity contribution < 1.29 is 52.6 Å². The van der Waals surface area contributed by atoms with E-state index in [9.17, 15) is 14.7 Å². The van der Waals surface area contributed by atoms with Crippen molar-refractivity contribution in [1.82, 2.24) is 5.32 Å². The second-order valence-corrected chi connectivity index (χ2v) is 13.4. The molecule has 45 heavy (non-hydrogen) atoms. The maximum absolute atomic E-state index is 13.5. The molecule has 0 aliphatic carbocycles. The van der Waals surface area contributed by atoms with E-state index >= 15 is 0 Å². The summed E-state index contributed by atoms with van der Waals surface area (Å²) in [5.74, 6) is -2.80. The number of esters is 1. The number of aliphatic hydroxyl groups is 1. The van der Waals surface area contributed by atoms with Crippen LogP contribution in [0.4, 0.5) is 0 Å². The molecule has 0 radical (unpaired) electrons. The van der Waals surface area contributed by atoms with E-state index in [0.29, 0.717) is 12.0 Å². The van der Waals surface area contributed by atoms with Crippen LogP contribution < -0.4 is 5.32 Å². The van der Waals surface area contributed by atoms with Crippen molar-refractivity contribution in [3.05, 3.63) is 46.5 Å². The van der Waals surface area contributed by atoms with Crippen molar-refractivity contribution >= 4 is 27.8 Å².